The first-order chi connectivity index (χ1) is 7.71. The van der Waals surface area contributed by atoms with Crippen LogP contribution in [0.2, 0.25) is 0 Å². The van der Waals surface area contributed by atoms with Crippen molar-refractivity contribution in [3.05, 3.63) is 28.2 Å². The zero-order valence-corrected chi connectivity index (χ0v) is 11.4. The molecule has 1 aromatic carbocycles. The molecule has 16 heavy (non-hydrogen) atoms. The van der Waals surface area contributed by atoms with Crippen LogP contribution in [0.4, 0.5) is 0 Å². The third kappa shape index (κ3) is 3.77. The van der Waals surface area contributed by atoms with Gasteiger partial charge in [-0.15, -0.1) is 0 Å². The molecule has 0 saturated carbocycles. The average Bonchev–Trinajstić information content (AvgIpc) is 2.31. The first-order valence-corrected chi connectivity index (χ1v) is 5.97. The molecule has 0 spiro atoms. The minimum atomic E-state index is -0.326. The number of hydrogen-bond acceptors (Lipinski definition) is 3. The highest BCUT2D eigenvalue weighted by Gasteiger charge is 2.08. The Morgan fingerprint density at radius 2 is 1.94 bits per heavy atom. The van der Waals surface area contributed by atoms with Gasteiger partial charge in [-0.2, -0.15) is 0 Å². The molecule has 4 heteroatoms. The summed E-state index contributed by atoms with van der Waals surface area (Å²) in [6.07, 6.45) is 0.604. The highest BCUT2D eigenvalue weighted by molar-refractivity contribution is 9.10. The Balaban J connectivity index is 2.65. The number of benzene rings is 1. The third-order valence-corrected chi connectivity index (χ3v) is 2.80. The van der Waals surface area contributed by atoms with Gasteiger partial charge >= 0.3 is 0 Å². The van der Waals surface area contributed by atoms with Gasteiger partial charge in [-0.1, -0.05) is 22.9 Å². The number of halogens is 1. The molecule has 0 aliphatic rings. The van der Waals surface area contributed by atoms with E-state index in [4.69, 9.17) is 14.2 Å². The molecule has 1 aromatic rings. The molecule has 0 heterocycles. The van der Waals surface area contributed by atoms with Gasteiger partial charge in [0.15, 0.2) is 6.29 Å². The molecule has 0 atom stereocenters. The fourth-order valence-corrected chi connectivity index (χ4v) is 1.76. The Bertz CT molecular complexity index is 324. The largest absolute Gasteiger partial charge is 0.488 e. The van der Waals surface area contributed by atoms with Gasteiger partial charge in [0.1, 0.15) is 12.4 Å². The molecule has 0 unspecified atom stereocenters. The summed E-state index contributed by atoms with van der Waals surface area (Å²) >= 11 is 3.44. The molecule has 0 bridgehead atoms. The summed E-state index contributed by atoms with van der Waals surface area (Å²) in [7, 11) is 3.19. The third-order valence-electron chi connectivity index (χ3n) is 2.30. The minimum Gasteiger partial charge on any atom is -0.488 e. The van der Waals surface area contributed by atoms with E-state index < -0.39 is 0 Å². The van der Waals surface area contributed by atoms with Crippen molar-refractivity contribution in [3.63, 3.8) is 0 Å². The van der Waals surface area contributed by atoms with Crippen molar-refractivity contribution in [2.45, 2.75) is 19.6 Å². The predicted octanol–water partition coefficient (Wildman–Crippen LogP) is 3.01. The summed E-state index contributed by atoms with van der Waals surface area (Å²) < 4.78 is 16.8. The van der Waals surface area contributed by atoms with Gasteiger partial charge in [0.05, 0.1) is 0 Å². The second-order valence-electron chi connectivity index (χ2n) is 3.32. The zero-order valence-electron chi connectivity index (χ0n) is 9.83. The van der Waals surface area contributed by atoms with E-state index in [-0.39, 0.29) is 6.29 Å². The van der Waals surface area contributed by atoms with E-state index in [1.807, 2.05) is 12.1 Å². The molecule has 3 nitrogen and oxygen atoms in total. The summed E-state index contributed by atoms with van der Waals surface area (Å²) in [6.45, 7) is 2.49. The summed E-state index contributed by atoms with van der Waals surface area (Å²) in [5.41, 5.74) is 1.17. The van der Waals surface area contributed by atoms with Crippen LogP contribution in [0, 0.1) is 0 Å². The molecule has 0 aromatic heterocycles. The van der Waals surface area contributed by atoms with E-state index in [2.05, 4.69) is 28.9 Å². The first kappa shape index (κ1) is 13.5. The van der Waals surface area contributed by atoms with E-state index in [1.54, 1.807) is 14.2 Å². The van der Waals surface area contributed by atoms with Gasteiger partial charge in [0.25, 0.3) is 0 Å². The number of ether oxygens (including phenoxy) is 3. The standard InChI is InChI=1S/C12H17BrO3/c1-4-9-7-10(13)5-6-11(9)16-8-12(14-2)15-3/h5-7,12H,4,8H2,1-3H3. The van der Waals surface area contributed by atoms with Crippen LogP contribution < -0.4 is 4.74 Å². The van der Waals surface area contributed by atoms with Gasteiger partial charge in [0, 0.05) is 18.7 Å². The molecule has 0 amide bonds. The fraction of sp³-hybridized carbons (Fsp3) is 0.500. The van der Waals surface area contributed by atoms with Gasteiger partial charge in [0.2, 0.25) is 0 Å². The molecule has 0 aliphatic carbocycles. The van der Waals surface area contributed by atoms with Gasteiger partial charge in [-0.25, -0.2) is 0 Å². The normalized spacial score (nSPS) is 10.8. The molecular weight excluding hydrogens is 272 g/mol. The van der Waals surface area contributed by atoms with Crippen molar-refractivity contribution in [2.24, 2.45) is 0 Å². The van der Waals surface area contributed by atoms with E-state index in [1.165, 1.54) is 5.56 Å². The second-order valence-corrected chi connectivity index (χ2v) is 4.23. The zero-order chi connectivity index (χ0) is 12.0. The highest BCUT2D eigenvalue weighted by atomic mass is 79.9. The highest BCUT2D eigenvalue weighted by Crippen LogP contribution is 2.23. The fourth-order valence-electron chi connectivity index (χ4n) is 1.36. The van der Waals surface area contributed by atoms with Crippen LogP contribution in [0.5, 0.6) is 5.75 Å². The Morgan fingerprint density at radius 1 is 1.25 bits per heavy atom. The molecule has 0 radical (unpaired) electrons. The molecular formula is C12H17BrO3. The SMILES string of the molecule is CCc1cc(Br)ccc1OCC(OC)OC. The molecule has 0 saturated heterocycles. The van der Waals surface area contributed by atoms with E-state index >= 15 is 0 Å². The lowest BCUT2D eigenvalue weighted by Gasteiger charge is -2.16. The Morgan fingerprint density at radius 3 is 2.50 bits per heavy atom. The van der Waals surface area contributed by atoms with E-state index in [9.17, 15) is 0 Å². The van der Waals surface area contributed by atoms with Crippen LogP contribution >= 0.6 is 15.9 Å². The van der Waals surface area contributed by atoms with E-state index in [0.717, 1.165) is 16.6 Å². The van der Waals surface area contributed by atoms with Gasteiger partial charge in [-0.05, 0) is 30.2 Å². The predicted molar refractivity (Wildman–Crippen MR) is 66.8 cm³/mol. The maximum absolute atomic E-state index is 5.66. The lowest BCUT2D eigenvalue weighted by Crippen LogP contribution is -2.22. The molecule has 0 aliphatic heterocycles. The molecule has 0 N–H and O–H groups in total. The van der Waals surface area contributed by atoms with Crippen LogP contribution in [0.25, 0.3) is 0 Å². The first-order valence-electron chi connectivity index (χ1n) is 5.18. The van der Waals surface area contributed by atoms with Crippen molar-refractivity contribution in [1.82, 2.24) is 0 Å². The number of aryl methyl sites for hydroxylation is 1. The molecule has 90 valence electrons. The average molecular weight is 289 g/mol. The number of hydrogen-bond donors (Lipinski definition) is 0. The smallest absolute Gasteiger partial charge is 0.191 e. The van der Waals surface area contributed by atoms with Crippen LogP contribution in [0.1, 0.15) is 12.5 Å². The monoisotopic (exact) mass is 288 g/mol. The number of methoxy groups -OCH3 is 2. The van der Waals surface area contributed by atoms with Crippen LogP contribution in [-0.2, 0) is 15.9 Å². The van der Waals surface area contributed by atoms with Crippen LogP contribution in [0.15, 0.2) is 22.7 Å². The maximum atomic E-state index is 5.66. The molecule has 0 fully saturated rings. The molecule has 1 rings (SSSR count). The maximum Gasteiger partial charge on any atom is 0.191 e. The Hall–Kier alpha value is -0.580. The Kier molecular flexibility index (Phi) is 5.80. The topological polar surface area (TPSA) is 27.7 Å². The van der Waals surface area contributed by atoms with Crippen molar-refractivity contribution in [3.8, 4) is 5.75 Å². The van der Waals surface area contributed by atoms with Crippen LogP contribution in [-0.4, -0.2) is 27.1 Å². The quantitative estimate of drug-likeness (QED) is 0.753. The van der Waals surface area contributed by atoms with Crippen molar-refractivity contribution in [1.29, 1.82) is 0 Å². The van der Waals surface area contributed by atoms with Gasteiger partial charge in [-0.3, -0.25) is 0 Å². The van der Waals surface area contributed by atoms with Crippen molar-refractivity contribution >= 4 is 15.9 Å². The second kappa shape index (κ2) is 6.89. The van der Waals surface area contributed by atoms with Crippen LogP contribution in [0.3, 0.4) is 0 Å². The Labute approximate surface area is 105 Å². The van der Waals surface area contributed by atoms with E-state index in [0.29, 0.717) is 6.61 Å². The van der Waals surface area contributed by atoms with Gasteiger partial charge < -0.3 is 14.2 Å². The summed E-state index contributed by atoms with van der Waals surface area (Å²) in [6, 6.07) is 5.97. The lowest BCUT2D eigenvalue weighted by molar-refractivity contribution is -0.122. The van der Waals surface area contributed by atoms with Crippen molar-refractivity contribution in [2.75, 3.05) is 20.8 Å². The minimum absolute atomic E-state index is 0.326. The summed E-state index contributed by atoms with van der Waals surface area (Å²) in [4.78, 5) is 0. The summed E-state index contributed by atoms with van der Waals surface area (Å²) in [5, 5.41) is 0. The van der Waals surface area contributed by atoms with Crippen molar-refractivity contribution < 1.29 is 14.2 Å². The summed E-state index contributed by atoms with van der Waals surface area (Å²) in [5.74, 6) is 0.879. The lowest BCUT2D eigenvalue weighted by atomic mass is 10.1. The number of rotatable bonds is 6.